The summed E-state index contributed by atoms with van der Waals surface area (Å²) >= 11 is 4.86. The van der Waals surface area contributed by atoms with E-state index in [1.807, 2.05) is 29.2 Å². The zero-order valence-corrected chi connectivity index (χ0v) is 10.3. The number of rotatable bonds is 2. The number of nitrogens with zero attached hydrogens (tertiary/aromatic N) is 1. The van der Waals surface area contributed by atoms with Crippen molar-refractivity contribution in [2.24, 2.45) is 5.73 Å². The Bertz CT molecular complexity index is 424. The molecule has 5 heteroatoms. The molecule has 1 heterocycles. The summed E-state index contributed by atoms with van der Waals surface area (Å²) in [7, 11) is 0. The first-order valence-electron chi connectivity index (χ1n) is 5.62. The van der Waals surface area contributed by atoms with Crippen LogP contribution >= 0.6 is 12.2 Å². The van der Waals surface area contributed by atoms with Gasteiger partial charge in [-0.2, -0.15) is 0 Å². The molecule has 0 unspecified atom stereocenters. The number of urea groups is 1. The summed E-state index contributed by atoms with van der Waals surface area (Å²) in [5, 5.41) is 2.85. The summed E-state index contributed by atoms with van der Waals surface area (Å²) in [6, 6.07) is 7.19. The number of nitrogens with one attached hydrogen (secondary N) is 1. The molecule has 0 bridgehead atoms. The fourth-order valence-corrected chi connectivity index (χ4v) is 1.98. The summed E-state index contributed by atoms with van der Waals surface area (Å²) < 4.78 is 0. The highest BCUT2D eigenvalue weighted by Crippen LogP contribution is 2.13. The van der Waals surface area contributed by atoms with Crippen molar-refractivity contribution in [3.8, 4) is 0 Å². The topological polar surface area (TPSA) is 58.4 Å². The molecule has 0 saturated carbocycles. The van der Waals surface area contributed by atoms with Gasteiger partial charge in [-0.25, -0.2) is 4.79 Å². The lowest BCUT2D eigenvalue weighted by Crippen LogP contribution is -2.32. The van der Waals surface area contributed by atoms with E-state index in [4.69, 9.17) is 18.0 Å². The SMILES string of the molecule is NC(=S)c1ccc(NC(=O)N2CCCC2)cc1. The van der Waals surface area contributed by atoms with Crippen LogP contribution in [0.1, 0.15) is 18.4 Å². The van der Waals surface area contributed by atoms with Gasteiger partial charge < -0.3 is 16.0 Å². The lowest BCUT2D eigenvalue weighted by molar-refractivity contribution is 0.222. The van der Waals surface area contributed by atoms with Gasteiger partial charge in [-0.05, 0) is 37.1 Å². The Morgan fingerprint density at radius 2 is 1.82 bits per heavy atom. The monoisotopic (exact) mass is 249 g/mol. The first-order chi connectivity index (χ1) is 8.16. The molecule has 17 heavy (non-hydrogen) atoms. The number of amides is 2. The van der Waals surface area contributed by atoms with E-state index < -0.39 is 0 Å². The van der Waals surface area contributed by atoms with Crippen molar-refractivity contribution in [1.29, 1.82) is 0 Å². The van der Waals surface area contributed by atoms with Crippen LogP contribution in [0.25, 0.3) is 0 Å². The summed E-state index contributed by atoms with van der Waals surface area (Å²) in [6.07, 6.45) is 2.18. The van der Waals surface area contributed by atoms with Crippen molar-refractivity contribution in [3.05, 3.63) is 29.8 Å². The predicted octanol–water partition coefficient (Wildman–Crippen LogP) is 1.95. The number of carbonyl (C=O) groups is 1. The minimum absolute atomic E-state index is 0.0365. The van der Waals surface area contributed by atoms with Crippen LogP contribution in [0.5, 0.6) is 0 Å². The highest BCUT2D eigenvalue weighted by atomic mass is 32.1. The predicted molar refractivity (Wildman–Crippen MR) is 72.2 cm³/mol. The standard InChI is InChI=1S/C12H15N3OS/c13-11(17)9-3-5-10(6-4-9)14-12(16)15-7-1-2-8-15/h3-6H,1-2,7-8H2,(H2,13,17)(H,14,16). The lowest BCUT2D eigenvalue weighted by Gasteiger charge is -2.16. The molecule has 4 nitrogen and oxygen atoms in total. The van der Waals surface area contributed by atoms with Gasteiger partial charge in [-0.15, -0.1) is 0 Å². The van der Waals surface area contributed by atoms with Crippen LogP contribution in [-0.4, -0.2) is 29.0 Å². The van der Waals surface area contributed by atoms with Crippen LogP contribution in [0.3, 0.4) is 0 Å². The third-order valence-electron chi connectivity index (χ3n) is 2.81. The highest BCUT2D eigenvalue weighted by molar-refractivity contribution is 7.80. The van der Waals surface area contributed by atoms with Gasteiger partial charge in [0.25, 0.3) is 0 Å². The van der Waals surface area contributed by atoms with Crippen LogP contribution in [0.2, 0.25) is 0 Å². The molecule has 0 aliphatic carbocycles. The van der Waals surface area contributed by atoms with E-state index in [9.17, 15) is 4.79 Å². The van der Waals surface area contributed by atoms with Gasteiger partial charge in [0, 0.05) is 24.3 Å². The Morgan fingerprint density at radius 1 is 1.24 bits per heavy atom. The second kappa shape index (κ2) is 5.14. The van der Waals surface area contributed by atoms with Crippen molar-refractivity contribution in [2.75, 3.05) is 18.4 Å². The molecular weight excluding hydrogens is 234 g/mol. The molecule has 2 rings (SSSR count). The van der Waals surface area contributed by atoms with Crippen LogP contribution < -0.4 is 11.1 Å². The summed E-state index contributed by atoms with van der Waals surface area (Å²) in [5.74, 6) is 0. The summed E-state index contributed by atoms with van der Waals surface area (Å²) in [5.41, 5.74) is 7.07. The van der Waals surface area contributed by atoms with Crippen LogP contribution in [0.15, 0.2) is 24.3 Å². The van der Waals surface area contributed by atoms with Gasteiger partial charge in [-0.1, -0.05) is 12.2 Å². The fourth-order valence-electron chi connectivity index (χ4n) is 1.84. The molecule has 1 aliphatic rings. The average molecular weight is 249 g/mol. The number of thiocarbonyl (C=S) groups is 1. The molecule has 0 radical (unpaired) electrons. The molecular formula is C12H15N3OS. The summed E-state index contributed by atoms with van der Waals surface area (Å²) in [6.45, 7) is 1.69. The van der Waals surface area contributed by atoms with Gasteiger partial charge in [0.1, 0.15) is 4.99 Å². The van der Waals surface area contributed by atoms with Crippen molar-refractivity contribution >= 4 is 28.9 Å². The van der Waals surface area contributed by atoms with Crippen molar-refractivity contribution in [2.45, 2.75) is 12.8 Å². The van der Waals surface area contributed by atoms with Gasteiger partial charge in [0.15, 0.2) is 0 Å². The van der Waals surface area contributed by atoms with Crippen LogP contribution in [0, 0.1) is 0 Å². The number of nitrogens with two attached hydrogens (primary N) is 1. The maximum atomic E-state index is 11.8. The molecule has 1 saturated heterocycles. The largest absolute Gasteiger partial charge is 0.389 e. The minimum atomic E-state index is -0.0365. The van der Waals surface area contributed by atoms with E-state index in [0.29, 0.717) is 4.99 Å². The molecule has 0 spiro atoms. The Morgan fingerprint density at radius 3 is 2.35 bits per heavy atom. The van der Waals surface area contributed by atoms with Crippen molar-refractivity contribution in [1.82, 2.24) is 4.90 Å². The van der Waals surface area contributed by atoms with Gasteiger partial charge in [0.05, 0.1) is 0 Å². The number of hydrogen-bond acceptors (Lipinski definition) is 2. The zero-order chi connectivity index (χ0) is 12.3. The molecule has 2 amide bonds. The Kier molecular flexibility index (Phi) is 3.58. The second-order valence-electron chi connectivity index (χ2n) is 4.07. The van der Waals surface area contributed by atoms with E-state index in [1.165, 1.54) is 0 Å². The molecule has 1 aliphatic heterocycles. The highest BCUT2D eigenvalue weighted by Gasteiger charge is 2.17. The molecule has 1 fully saturated rings. The van der Waals surface area contributed by atoms with Gasteiger partial charge in [0.2, 0.25) is 0 Å². The number of benzene rings is 1. The van der Waals surface area contributed by atoms with Crippen LogP contribution in [0.4, 0.5) is 10.5 Å². The Hall–Kier alpha value is -1.62. The van der Waals surface area contributed by atoms with E-state index >= 15 is 0 Å². The van der Waals surface area contributed by atoms with E-state index in [1.54, 1.807) is 0 Å². The molecule has 3 N–H and O–H groups in total. The second-order valence-corrected chi connectivity index (χ2v) is 4.51. The number of anilines is 1. The van der Waals surface area contributed by atoms with Crippen molar-refractivity contribution < 1.29 is 4.79 Å². The molecule has 1 aromatic carbocycles. The summed E-state index contributed by atoms with van der Waals surface area (Å²) in [4.78, 5) is 14.0. The average Bonchev–Trinajstić information content (AvgIpc) is 2.83. The first-order valence-corrected chi connectivity index (χ1v) is 6.03. The Labute approximate surface area is 106 Å². The Balaban J connectivity index is 1.98. The van der Waals surface area contributed by atoms with E-state index in [0.717, 1.165) is 37.2 Å². The molecule has 0 aromatic heterocycles. The third-order valence-corrected chi connectivity index (χ3v) is 3.05. The lowest BCUT2D eigenvalue weighted by atomic mass is 10.2. The minimum Gasteiger partial charge on any atom is -0.389 e. The van der Waals surface area contributed by atoms with E-state index in [-0.39, 0.29) is 6.03 Å². The number of carbonyl (C=O) groups excluding carboxylic acids is 1. The molecule has 0 atom stereocenters. The van der Waals surface area contributed by atoms with E-state index in [2.05, 4.69) is 5.32 Å². The zero-order valence-electron chi connectivity index (χ0n) is 9.48. The maximum absolute atomic E-state index is 11.8. The quantitative estimate of drug-likeness (QED) is 0.788. The normalized spacial score (nSPS) is 14.7. The maximum Gasteiger partial charge on any atom is 0.321 e. The number of likely N-dealkylation sites (tertiary alicyclic amines) is 1. The fraction of sp³-hybridized carbons (Fsp3) is 0.333. The number of hydrogen-bond donors (Lipinski definition) is 2. The molecule has 1 aromatic rings. The molecule has 90 valence electrons. The van der Waals surface area contributed by atoms with Crippen LogP contribution in [-0.2, 0) is 0 Å². The smallest absolute Gasteiger partial charge is 0.321 e. The first kappa shape index (κ1) is 11.9. The van der Waals surface area contributed by atoms with Gasteiger partial charge >= 0.3 is 6.03 Å². The third kappa shape index (κ3) is 2.94. The van der Waals surface area contributed by atoms with Gasteiger partial charge in [-0.3, -0.25) is 0 Å². The van der Waals surface area contributed by atoms with Crippen molar-refractivity contribution in [3.63, 3.8) is 0 Å².